The van der Waals surface area contributed by atoms with Crippen LogP contribution in [0.25, 0.3) is 17.1 Å². The zero-order chi connectivity index (χ0) is 19.5. The topological polar surface area (TPSA) is 82.8 Å². The predicted octanol–water partition coefficient (Wildman–Crippen LogP) is 4.58. The molecule has 2 N–H and O–H groups in total. The van der Waals surface area contributed by atoms with Crippen LogP contribution < -0.4 is 5.73 Å². The summed E-state index contributed by atoms with van der Waals surface area (Å²) in [6.07, 6.45) is 1.70. The standard InChI is InChI=1S/C19H18F3N5O.ClH/c20-19(21,22)12-3-1-4-13(9-12)27-15(11-5-6-11)14(10-24-27)16-25-17(26-28-16)18(23)7-2-8-18;/h1,3-4,9-11H,2,5-8,23H2;1H. The van der Waals surface area contributed by atoms with Gasteiger partial charge in [-0.3, -0.25) is 0 Å². The van der Waals surface area contributed by atoms with Crippen molar-refractivity contribution in [2.75, 3.05) is 0 Å². The Hall–Kier alpha value is -2.39. The maximum atomic E-state index is 13.1. The Balaban J connectivity index is 0.00000205. The lowest BCUT2D eigenvalue weighted by Crippen LogP contribution is -2.44. The van der Waals surface area contributed by atoms with E-state index in [1.807, 2.05) is 0 Å². The molecule has 5 rings (SSSR count). The van der Waals surface area contributed by atoms with Gasteiger partial charge in [0.25, 0.3) is 5.89 Å². The third-order valence-corrected chi connectivity index (χ3v) is 5.54. The highest BCUT2D eigenvalue weighted by Crippen LogP contribution is 2.46. The Kier molecular flexibility index (Phi) is 4.70. The van der Waals surface area contributed by atoms with Crippen molar-refractivity contribution >= 4 is 12.4 Å². The lowest BCUT2D eigenvalue weighted by molar-refractivity contribution is -0.137. The van der Waals surface area contributed by atoms with Crippen LogP contribution in [0.5, 0.6) is 0 Å². The summed E-state index contributed by atoms with van der Waals surface area (Å²) < 4.78 is 46.3. The first kappa shape index (κ1) is 19.9. The zero-order valence-corrected chi connectivity index (χ0v) is 16.1. The van der Waals surface area contributed by atoms with Gasteiger partial charge in [-0.2, -0.15) is 23.3 Å². The predicted molar refractivity (Wildman–Crippen MR) is 101 cm³/mol. The van der Waals surface area contributed by atoms with Crippen molar-refractivity contribution in [3.05, 3.63) is 47.5 Å². The Bertz CT molecular complexity index is 1040. The molecule has 0 spiro atoms. The molecule has 2 fully saturated rings. The highest BCUT2D eigenvalue weighted by atomic mass is 35.5. The van der Waals surface area contributed by atoms with Crippen LogP contribution in [0.2, 0.25) is 0 Å². The number of nitrogens with two attached hydrogens (primary N) is 1. The van der Waals surface area contributed by atoms with E-state index in [9.17, 15) is 13.2 Å². The van der Waals surface area contributed by atoms with Crippen LogP contribution in [0.1, 0.15) is 55.1 Å². The summed E-state index contributed by atoms with van der Waals surface area (Å²) >= 11 is 0. The lowest BCUT2D eigenvalue weighted by Gasteiger charge is -2.34. The minimum Gasteiger partial charge on any atom is -0.334 e. The van der Waals surface area contributed by atoms with Gasteiger partial charge >= 0.3 is 6.18 Å². The summed E-state index contributed by atoms with van der Waals surface area (Å²) in [7, 11) is 0. The smallest absolute Gasteiger partial charge is 0.334 e. The molecule has 0 aliphatic heterocycles. The van der Waals surface area contributed by atoms with Gasteiger partial charge in [-0.05, 0) is 50.3 Å². The molecule has 1 aromatic carbocycles. The first-order valence-electron chi connectivity index (χ1n) is 9.24. The van der Waals surface area contributed by atoms with Crippen molar-refractivity contribution in [1.29, 1.82) is 0 Å². The number of alkyl halides is 3. The molecule has 2 aliphatic rings. The first-order valence-corrected chi connectivity index (χ1v) is 9.24. The fourth-order valence-electron chi connectivity index (χ4n) is 3.61. The van der Waals surface area contributed by atoms with E-state index in [1.165, 1.54) is 6.07 Å². The second-order valence-corrected chi connectivity index (χ2v) is 7.61. The molecule has 2 aromatic heterocycles. The lowest BCUT2D eigenvalue weighted by atomic mass is 9.77. The van der Waals surface area contributed by atoms with Gasteiger partial charge in [0.15, 0.2) is 5.82 Å². The molecule has 2 heterocycles. The average molecular weight is 426 g/mol. The van der Waals surface area contributed by atoms with Gasteiger partial charge in [0, 0.05) is 5.92 Å². The van der Waals surface area contributed by atoms with Crippen LogP contribution >= 0.6 is 12.4 Å². The molecular weight excluding hydrogens is 407 g/mol. The molecule has 10 heteroatoms. The molecule has 0 radical (unpaired) electrons. The SMILES string of the molecule is Cl.NC1(c2noc(-c3cnn(-c4cccc(C(F)(F)F)c4)c3C3CC3)n2)CCC1. The third kappa shape index (κ3) is 3.42. The summed E-state index contributed by atoms with van der Waals surface area (Å²) in [4.78, 5) is 4.47. The fraction of sp³-hybridized carbons (Fsp3) is 0.421. The Morgan fingerprint density at radius 3 is 2.59 bits per heavy atom. The quantitative estimate of drug-likeness (QED) is 0.661. The second kappa shape index (κ2) is 6.84. The summed E-state index contributed by atoms with van der Waals surface area (Å²) in [5.41, 5.74) is 6.83. The van der Waals surface area contributed by atoms with Crippen LogP contribution in [0, 0.1) is 0 Å². The van der Waals surface area contributed by atoms with Crippen LogP contribution in [0.15, 0.2) is 35.0 Å². The molecule has 2 saturated carbocycles. The molecule has 29 heavy (non-hydrogen) atoms. The maximum Gasteiger partial charge on any atom is 0.416 e. The van der Waals surface area contributed by atoms with Crippen LogP contribution in [-0.2, 0) is 11.7 Å². The monoisotopic (exact) mass is 425 g/mol. The highest BCUT2D eigenvalue weighted by molar-refractivity contribution is 5.85. The second-order valence-electron chi connectivity index (χ2n) is 7.61. The maximum absolute atomic E-state index is 13.1. The van der Waals surface area contributed by atoms with Gasteiger partial charge in [0.05, 0.1) is 34.2 Å². The van der Waals surface area contributed by atoms with Crippen molar-refractivity contribution in [2.45, 2.75) is 49.7 Å². The largest absolute Gasteiger partial charge is 0.416 e. The minimum absolute atomic E-state index is 0. The van der Waals surface area contributed by atoms with Crippen molar-refractivity contribution in [2.24, 2.45) is 5.73 Å². The molecule has 0 atom stereocenters. The zero-order valence-electron chi connectivity index (χ0n) is 15.3. The fourth-order valence-corrected chi connectivity index (χ4v) is 3.61. The van der Waals surface area contributed by atoms with Gasteiger partial charge in [-0.25, -0.2) is 4.68 Å². The number of hydrogen-bond donors (Lipinski definition) is 1. The number of hydrogen-bond acceptors (Lipinski definition) is 5. The van der Waals surface area contributed by atoms with Crippen molar-refractivity contribution in [1.82, 2.24) is 19.9 Å². The summed E-state index contributed by atoms with van der Waals surface area (Å²) in [5, 5.41) is 8.38. The van der Waals surface area contributed by atoms with Crippen molar-refractivity contribution in [3.63, 3.8) is 0 Å². The average Bonchev–Trinajstić information content (AvgIpc) is 3.18. The molecule has 0 saturated heterocycles. The molecule has 0 amide bonds. The van der Waals surface area contributed by atoms with E-state index in [4.69, 9.17) is 10.3 Å². The Morgan fingerprint density at radius 2 is 1.97 bits per heavy atom. The molecule has 0 bridgehead atoms. The molecule has 2 aliphatic carbocycles. The van der Waals surface area contributed by atoms with E-state index >= 15 is 0 Å². The van der Waals surface area contributed by atoms with E-state index < -0.39 is 17.3 Å². The third-order valence-electron chi connectivity index (χ3n) is 5.54. The number of nitrogens with zero attached hydrogens (tertiary/aromatic N) is 4. The summed E-state index contributed by atoms with van der Waals surface area (Å²) in [5.74, 6) is 0.993. The summed E-state index contributed by atoms with van der Waals surface area (Å²) in [6, 6.07) is 5.15. The van der Waals surface area contributed by atoms with E-state index in [2.05, 4.69) is 15.2 Å². The highest BCUT2D eigenvalue weighted by Gasteiger charge is 2.40. The van der Waals surface area contributed by atoms with Gasteiger partial charge in [0.1, 0.15) is 0 Å². The first-order chi connectivity index (χ1) is 13.4. The van der Waals surface area contributed by atoms with Crippen LogP contribution in [-0.4, -0.2) is 19.9 Å². The van der Waals surface area contributed by atoms with E-state index in [-0.39, 0.29) is 18.3 Å². The number of rotatable bonds is 4. The molecular formula is C19H19ClF3N5O. The summed E-state index contributed by atoms with van der Waals surface area (Å²) in [6.45, 7) is 0. The van der Waals surface area contributed by atoms with Crippen molar-refractivity contribution < 1.29 is 17.7 Å². The van der Waals surface area contributed by atoms with Gasteiger partial charge < -0.3 is 10.3 Å². The van der Waals surface area contributed by atoms with Gasteiger partial charge in [0.2, 0.25) is 0 Å². The van der Waals surface area contributed by atoms with Gasteiger partial charge in [-0.1, -0.05) is 11.2 Å². The van der Waals surface area contributed by atoms with E-state index in [1.54, 1.807) is 16.9 Å². The normalized spacial score (nSPS) is 18.2. The molecule has 3 aromatic rings. The van der Waals surface area contributed by atoms with Crippen LogP contribution in [0.3, 0.4) is 0 Å². The van der Waals surface area contributed by atoms with Crippen LogP contribution in [0.4, 0.5) is 13.2 Å². The number of benzene rings is 1. The minimum atomic E-state index is -4.41. The van der Waals surface area contributed by atoms with E-state index in [0.29, 0.717) is 23.0 Å². The molecule has 0 unspecified atom stereocenters. The molecule has 6 nitrogen and oxygen atoms in total. The van der Waals surface area contributed by atoms with Gasteiger partial charge in [-0.15, -0.1) is 12.4 Å². The number of aromatic nitrogens is 4. The van der Waals surface area contributed by atoms with E-state index in [0.717, 1.165) is 49.9 Å². The Morgan fingerprint density at radius 1 is 1.21 bits per heavy atom. The number of halogens is 4. The molecule has 154 valence electrons. The Labute approximate surface area is 170 Å². The van der Waals surface area contributed by atoms with Crippen molar-refractivity contribution in [3.8, 4) is 17.1 Å².